The summed E-state index contributed by atoms with van der Waals surface area (Å²) in [5, 5.41) is 3.04. The Morgan fingerprint density at radius 2 is 2.06 bits per heavy atom. The molecule has 1 N–H and O–H groups in total. The summed E-state index contributed by atoms with van der Waals surface area (Å²) in [6.45, 7) is 2.10. The summed E-state index contributed by atoms with van der Waals surface area (Å²) in [7, 11) is 0. The number of rotatable bonds is 2. The number of carbonyl (C=O) groups is 1. The summed E-state index contributed by atoms with van der Waals surface area (Å²) < 4.78 is 0. The first kappa shape index (κ1) is 10.6. The molecule has 0 aromatic heterocycles. The average Bonchev–Trinajstić information content (AvgIpc) is 2.90. The molecule has 0 aliphatic heterocycles. The van der Waals surface area contributed by atoms with Crippen molar-refractivity contribution in [3.05, 3.63) is 42.5 Å². The van der Waals surface area contributed by atoms with Gasteiger partial charge in [0.15, 0.2) is 0 Å². The van der Waals surface area contributed by atoms with Crippen LogP contribution >= 0.6 is 0 Å². The lowest BCUT2D eigenvalue weighted by Gasteiger charge is -2.29. The van der Waals surface area contributed by atoms with Crippen molar-refractivity contribution in [3.63, 3.8) is 0 Å². The molecule has 3 rings (SSSR count). The zero-order chi connectivity index (χ0) is 11.9. The van der Waals surface area contributed by atoms with Crippen LogP contribution in [-0.4, -0.2) is 5.91 Å². The molecule has 0 saturated heterocycles. The summed E-state index contributed by atoms with van der Waals surface area (Å²) in [5.41, 5.74) is 0.681. The Labute approximate surface area is 102 Å². The molecule has 3 atom stereocenters. The lowest BCUT2D eigenvalue weighted by atomic mass is 9.77. The number of amides is 1. The highest BCUT2D eigenvalue weighted by Gasteiger charge is 2.49. The Kier molecular flexibility index (Phi) is 2.32. The molecule has 2 aliphatic rings. The van der Waals surface area contributed by atoms with Gasteiger partial charge >= 0.3 is 0 Å². The van der Waals surface area contributed by atoms with Gasteiger partial charge < -0.3 is 5.32 Å². The van der Waals surface area contributed by atoms with E-state index in [2.05, 4.69) is 24.4 Å². The fraction of sp³-hybridized carbons (Fsp3) is 0.400. The molecular weight excluding hydrogens is 210 g/mol. The van der Waals surface area contributed by atoms with Crippen LogP contribution < -0.4 is 5.32 Å². The van der Waals surface area contributed by atoms with Gasteiger partial charge in [-0.05, 0) is 36.8 Å². The van der Waals surface area contributed by atoms with Crippen molar-refractivity contribution in [3.8, 4) is 0 Å². The van der Waals surface area contributed by atoms with Gasteiger partial charge in [0.1, 0.15) is 0 Å². The largest absolute Gasteiger partial charge is 0.326 e. The quantitative estimate of drug-likeness (QED) is 0.772. The van der Waals surface area contributed by atoms with Crippen LogP contribution in [0.3, 0.4) is 0 Å². The Morgan fingerprint density at radius 3 is 2.65 bits per heavy atom. The second kappa shape index (κ2) is 3.73. The van der Waals surface area contributed by atoms with Gasteiger partial charge in [0.05, 0.1) is 5.41 Å². The third kappa shape index (κ3) is 1.68. The third-order valence-electron chi connectivity index (χ3n) is 4.23. The van der Waals surface area contributed by atoms with E-state index in [1.54, 1.807) is 0 Å². The number of hydrogen-bond donors (Lipinski definition) is 1. The molecule has 0 radical (unpaired) electrons. The Bertz CT molecular complexity index is 465. The van der Waals surface area contributed by atoms with E-state index in [4.69, 9.17) is 0 Å². The molecule has 88 valence electrons. The zero-order valence-corrected chi connectivity index (χ0v) is 10.0. The van der Waals surface area contributed by atoms with E-state index < -0.39 is 0 Å². The molecule has 17 heavy (non-hydrogen) atoms. The molecular formula is C15H17NO. The number of benzene rings is 1. The molecule has 2 heteroatoms. The van der Waals surface area contributed by atoms with Crippen molar-refractivity contribution in [2.75, 3.05) is 5.32 Å². The first-order valence-electron chi connectivity index (χ1n) is 6.23. The highest BCUT2D eigenvalue weighted by molar-refractivity contribution is 5.95. The predicted octanol–water partition coefficient (Wildman–Crippen LogP) is 3.23. The van der Waals surface area contributed by atoms with Gasteiger partial charge in [-0.25, -0.2) is 0 Å². The molecule has 1 aromatic rings. The van der Waals surface area contributed by atoms with Gasteiger partial charge in [-0.1, -0.05) is 37.3 Å². The van der Waals surface area contributed by atoms with E-state index in [0.29, 0.717) is 11.8 Å². The molecule has 0 heterocycles. The van der Waals surface area contributed by atoms with E-state index in [0.717, 1.165) is 18.5 Å². The number of hydrogen-bond acceptors (Lipinski definition) is 1. The van der Waals surface area contributed by atoms with E-state index in [-0.39, 0.29) is 11.3 Å². The van der Waals surface area contributed by atoms with E-state index in [1.165, 1.54) is 0 Å². The van der Waals surface area contributed by atoms with Crippen LogP contribution in [0.15, 0.2) is 42.5 Å². The van der Waals surface area contributed by atoms with Gasteiger partial charge in [0.25, 0.3) is 0 Å². The van der Waals surface area contributed by atoms with Gasteiger partial charge in [-0.3, -0.25) is 4.79 Å². The minimum absolute atomic E-state index is 0.167. The van der Waals surface area contributed by atoms with E-state index in [9.17, 15) is 4.79 Å². The van der Waals surface area contributed by atoms with Crippen LogP contribution in [0.5, 0.6) is 0 Å². The van der Waals surface area contributed by atoms with Gasteiger partial charge in [0, 0.05) is 5.69 Å². The normalized spacial score (nSPS) is 33.9. The van der Waals surface area contributed by atoms with Crippen molar-refractivity contribution >= 4 is 11.6 Å². The summed E-state index contributed by atoms with van der Waals surface area (Å²) >= 11 is 0. The van der Waals surface area contributed by atoms with Crippen molar-refractivity contribution in [2.45, 2.75) is 19.8 Å². The maximum Gasteiger partial charge on any atom is 0.230 e. The lowest BCUT2D eigenvalue weighted by molar-refractivity contribution is -0.126. The van der Waals surface area contributed by atoms with Gasteiger partial charge in [-0.15, -0.1) is 0 Å². The molecule has 1 amide bonds. The van der Waals surface area contributed by atoms with Crippen molar-refractivity contribution in [2.24, 2.45) is 17.3 Å². The smallest absolute Gasteiger partial charge is 0.230 e. The first-order valence-corrected chi connectivity index (χ1v) is 6.23. The molecule has 0 unspecified atom stereocenters. The standard InChI is InChI=1S/C15H17NO/c1-15(10-11-7-8-12(15)9-11)14(17)16-13-5-3-2-4-6-13/h2-8,11-12H,9-10H2,1H3,(H,16,17)/t11-,12+,15-/m1/s1. The van der Waals surface area contributed by atoms with Crippen molar-refractivity contribution in [1.29, 1.82) is 0 Å². The Morgan fingerprint density at radius 1 is 1.29 bits per heavy atom. The summed E-state index contributed by atoms with van der Waals surface area (Å²) in [5.74, 6) is 1.21. The van der Waals surface area contributed by atoms with Crippen LogP contribution in [0, 0.1) is 17.3 Å². The number of fused-ring (bicyclic) bond motifs is 2. The highest BCUT2D eigenvalue weighted by Crippen LogP contribution is 2.52. The minimum Gasteiger partial charge on any atom is -0.326 e. The third-order valence-corrected chi connectivity index (χ3v) is 4.23. The zero-order valence-electron chi connectivity index (χ0n) is 10.0. The molecule has 2 bridgehead atoms. The maximum atomic E-state index is 12.4. The summed E-state index contributed by atoms with van der Waals surface area (Å²) in [6.07, 6.45) is 6.63. The van der Waals surface area contributed by atoms with Crippen LogP contribution in [0.1, 0.15) is 19.8 Å². The summed E-state index contributed by atoms with van der Waals surface area (Å²) in [6, 6.07) is 9.71. The van der Waals surface area contributed by atoms with Crippen LogP contribution in [0.25, 0.3) is 0 Å². The second-order valence-electron chi connectivity index (χ2n) is 5.43. The molecule has 1 saturated carbocycles. The van der Waals surface area contributed by atoms with Crippen LogP contribution in [0.4, 0.5) is 5.69 Å². The molecule has 1 fully saturated rings. The monoisotopic (exact) mass is 227 g/mol. The fourth-order valence-corrected chi connectivity index (χ4v) is 3.15. The number of nitrogens with one attached hydrogen (secondary N) is 1. The van der Waals surface area contributed by atoms with Crippen LogP contribution in [-0.2, 0) is 4.79 Å². The SMILES string of the molecule is C[C@@]1(C(=O)Nc2ccccc2)C[C@@H]2C=C[C@H]1C2. The van der Waals surface area contributed by atoms with E-state index >= 15 is 0 Å². The molecule has 2 nitrogen and oxygen atoms in total. The molecule has 0 spiro atoms. The van der Waals surface area contributed by atoms with Crippen LogP contribution in [0.2, 0.25) is 0 Å². The number of para-hydroxylation sites is 1. The second-order valence-corrected chi connectivity index (χ2v) is 5.43. The minimum atomic E-state index is -0.213. The van der Waals surface area contributed by atoms with Gasteiger partial charge in [-0.2, -0.15) is 0 Å². The number of allylic oxidation sites excluding steroid dienone is 2. The highest BCUT2D eigenvalue weighted by atomic mass is 16.2. The van der Waals surface area contributed by atoms with Gasteiger partial charge in [0.2, 0.25) is 5.91 Å². The first-order chi connectivity index (χ1) is 8.18. The number of anilines is 1. The van der Waals surface area contributed by atoms with Crippen molar-refractivity contribution < 1.29 is 4.79 Å². The fourth-order valence-electron chi connectivity index (χ4n) is 3.15. The summed E-state index contributed by atoms with van der Waals surface area (Å²) in [4.78, 5) is 12.4. The Hall–Kier alpha value is -1.57. The maximum absolute atomic E-state index is 12.4. The molecule has 2 aliphatic carbocycles. The van der Waals surface area contributed by atoms with E-state index in [1.807, 2.05) is 30.3 Å². The lowest BCUT2D eigenvalue weighted by Crippen LogP contribution is -2.36. The topological polar surface area (TPSA) is 29.1 Å². The number of carbonyl (C=O) groups excluding carboxylic acids is 1. The molecule has 1 aromatic carbocycles. The predicted molar refractivity (Wildman–Crippen MR) is 68.5 cm³/mol. The Balaban J connectivity index is 1.77. The average molecular weight is 227 g/mol. The van der Waals surface area contributed by atoms with Crippen molar-refractivity contribution in [1.82, 2.24) is 0 Å².